The number of primary amides is 1. The van der Waals surface area contributed by atoms with Crippen LogP contribution in [0.4, 0.5) is 0 Å². The van der Waals surface area contributed by atoms with Crippen LogP contribution in [0.25, 0.3) is 0 Å². The Morgan fingerprint density at radius 3 is 2.71 bits per heavy atom. The van der Waals surface area contributed by atoms with Gasteiger partial charge in [0.05, 0.1) is 12.5 Å². The zero-order chi connectivity index (χ0) is 12.3. The number of hydrogen-bond donors (Lipinski definition) is 1. The molecule has 17 heavy (non-hydrogen) atoms. The third-order valence-electron chi connectivity index (χ3n) is 3.07. The molecule has 0 spiro atoms. The van der Waals surface area contributed by atoms with Gasteiger partial charge in [-0.05, 0) is 12.0 Å². The summed E-state index contributed by atoms with van der Waals surface area (Å²) in [6.07, 6.45) is 0.820. The number of hydrogen-bond acceptors (Lipinski definition) is 3. The summed E-state index contributed by atoms with van der Waals surface area (Å²) in [6, 6.07) is 9.86. The molecule has 2 N–H and O–H groups in total. The second-order valence-corrected chi connectivity index (χ2v) is 4.36. The number of carbonyl (C=O) groups is 2. The molecule has 2 rings (SSSR count). The molecule has 1 heterocycles. The van der Waals surface area contributed by atoms with Crippen molar-refractivity contribution >= 4 is 11.9 Å². The molecule has 2 atom stereocenters. The molecule has 0 unspecified atom stereocenters. The van der Waals surface area contributed by atoms with Crippen molar-refractivity contribution in [2.45, 2.75) is 12.8 Å². The fraction of sp³-hybridized carbons (Fsp3) is 0.385. The summed E-state index contributed by atoms with van der Waals surface area (Å²) in [6.45, 7) is 0.381. The first-order valence-corrected chi connectivity index (χ1v) is 5.65. The Labute approximate surface area is 99.8 Å². The van der Waals surface area contributed by atoms with Crippen molar-refractivity contribution < 1.29 is 14.3 Å². The van der Waals surface area contributed by atoms with Crippen LogP contribution in [0.3, 0.4) is 0 Å². The Morgan fingerprint density at radius 2 is 2.06 bits per heavy atom. The fourth-order valence-corrected chi connectivity index (χ4v) is 2.19. The highest BCUT2D eigenvalue weighted by atomic mass is 16.5. The molecule has 1 fully saturated rings. The lowest BCUT2D eigenvalue weighted by Gasteiger charge is -2.13. The molecule has 1 aliphatic heterocycles. The molecule has 0 aromatic heterocycles. The normalized spacial score (nSPS) is 23.4. The van der Waals surface area contributed by atoms with Gasteiger partial charge in [-0.3, -0.25) is 9.59 Å². The van der Waals surface area contributed by atoms with Gasteiger partial charge in [-0.25, -0.2) is 0 Å². The quantitative estimate of drug-likeness (QED) is 0.785. The number of carbonyl (C=O) groups excluding carboxylic acids is 2. The molecular weight excluding hydrogens is 218 g/mol. The van der Waals surface area contributed by atoms with Gasteiger partial charge in [0.1, 0.15) is 0 Å². The van der Waals surface area contributed by atoms with Crippen LogP contribution in [0.15, 0.2) is 30.3 Å². The maximum Gasteiger partial charge on any atom is 0.309 e. The van der Waals surface area contributed by atoms with Gasteiger partial charge in [-0.15, -0.1) is 0 Å². The summed E-state index contributed by atoms with van der Waals surface area (Å²) in [7, 11) is 0. The summed E-state index contributed by atoms with van der Waals surface area (Å²) in [4.78, 5) is 22.4. The number of esters is 1. The van der Waals surface area contributed by atoms with Gasteiger partial charge in [0.2, 0.25) is 5.91 Å². The fourth-order valence-electron chi connectivity index (χ4n) is 2.19. The largest absolute Gasteiger partial charge is 0.465 e. The van der Waals surface area contributed by atoms with E-state index in [9.17, 15) is 9.59 Å². The molecule has 0 bridgehead atoms. The van der Waals surface area contributed by atoms with Crippen molar-refractivity contribution in [3.05, 3.63) is 35.9 Å². The average Bonchev–Trinajstić information content (AvgIpc) is 2.62. The summed E-state index contributed by atoms with van der Waals surface area (Å²) >= 11 is 0. The van der Waals surface area contributed by atoms with Crippen LogP contribution < -0.4 is 5.73 Å². The van der Waals surface area contributed by atoms with Crippen molar-refractivity contribution in [3.63, 3.8) is 0 Å². The van der Waals surface area contributed by atoms with E-state index in [1.165, 1.54) is 0 Å². The number of nitrogens with two attached hydrogens (primary N) is 1. The maximum absolute atomic E-state index is 11.5. The van der Waals surface area contributed by atoms with Crippen LogP contribution in [0.1, 0.15) is 12.0 Å². The van der Waals surface area contributed by atoms with E-state index in [2.05, 4.69) is 0 Å². The Hall–Kier alpha value is -1.84. The van der Waals surface area contributed by atoms with Crippen molar-refractivity contribution in [1.29, 1.82) is 0 Å². The van der Waals surface area contributed by atoms with Gasteiger partial charge in [-0.2, -0.15) is 0 Å². The molecule has 4 heteroatoms. The second-order valence-electron chi connectivity index (χ2n) is 4.36. The van der Waals surface area contributed by atoms with Gasteiger partial charge in [0.25, 0.3) is 0 Å². The third kappa shape index (κ3) is 2.84. The summed E-state index contributed by atoms with van der Waals surface area (Å²) in [5.41, 5.74) is 6.29. The van der Waals surface area contributed by atoms with E-state index < -0.39 is 5.91 Å². The first-order chi connectivity index (χ1) is 8.16. The topological polar surface area (TPSA) is 69.4 Å². The number of amides is 1. The number of rotatable bonds is 4. The average molecular weight is 233 g/mol. The molecule has 0 aliphatic carbocycles. The van der Waals surface area contributed by atoms with E-state index in [0.717, 1.165) is 12.0 Å². The first kappa shape index (κ1) is 11.6. The van der Waals surface area contributed by atoms with E-state index in [4.69, 9.17) is 10.5 Å². The van der Waals surface area contributed by atoms with Gasteiger partial charge in [0.15, 0.2) is 0 Å². The minimum atomic E-state index is -0.452. The number of benzene rings is 1. The number of cyclic esters (lactones) is 1. The van der Waals surface area contributed by atoms with E-state index in [1.54, 1.807) is 0 Å². The predicted molar refractivity (Wildman–Crippen MR) is 61.9 cm³/mol. The smallest absolute Gasteiger partial charge is 0.309 e. The molecule has 0 saturated carbocycles. The zero-order valence-corrected chi connectivity index (χ0v) is 9.46. The van der Waals surface area contributed by atoms with E-state index in [-0.39, 0.29) is 24.2 Å². The second kappa shape index (κ2) is 4.99. The standard InChI is InChI=1S/C13H15NO3/c14-12(15)7-11-10(8-17-13(11)16)6-9-4-2-1-3-5-9/h1-5,10-11H,6-8H2,(H2,14,15)/t10-,11+/m1/s1. The predicted octanol–water partition coefficient (Wildman–Crippen LogP) is 0.894. The third-order valence-corrected chi connectivity index (χ3v) is 3.07. The molecular formula is C13H15NO3. The SMILES string of the molecule is NC(=O)C[C@@H]1C(=O)OC[C@H]1Cc1ccccc1. The molecule has 1 aromatic rings. The van der Waals surface area contributed by atoms with Crippen LogP contribution >= 0.6 is 0 Å². The first-order valence-electron chi connectivity index (χ1n) is 5.65. The van der Waals surface area contributed by atoms with E-state index in [1.807, 2.05) is 30.3 Å². The van der Waals surface area contributed by atoms with Gasteiger partial charge < -0.3 is 10.5 Å². The molecule has 1 aliphatic rings. The number of ether oxygens (including phenoxy) is 1. The van der Waals surface area contributed by atoms with Crippen molar-refractivity contribution in [3.8, 4) is 0 Å². The zero-order valence-electron chi connectivity index (χ0n) is 9.46. The molecule has 4 nitrogen and oxygen atoms in total. The molecule has 1 amide bonds. The summed E-state index contributed by atoms with van der Waals surface area (Å²) in [5, 5.41) is 0. The van der Waals surface area contributed by atoms with Crippen LogP contribution in [-0.4, -0.2) is 18.5 Å². The van der Waals surface area contributed by atoms with Crippen molar-refractivity contribution in [2.24, 2.45) is 17.6 Å². The Morgan fingerprint density at radius 1 is 1.35 bits per heavy atom. The monoisotopic (exact) mass is 233 g/mol. The minimum Gasteiger partial charge on any atom is -0.465 e. The lowest BCUT2D eigenvalue weighted by atomic mass is 9.87. The molecule has 1 aromatic carbocycles. The lowest BCUT2D eigenvalue weighted by molar-refractivity contribution is -0.142. The van der Waals surface area contributed by atoms with Crippen LogP contribution in [-0.2, 0) is 20.7 Å². The van der Waals surface area contributed by atoms with E-state index in [0.29, 0.717) is 6.61 Å². The Kier molecular flexibility index (Phi) is 3.42. The Balaban J connectivity index is 2.05. The summed E-state index contributed by atoms with van der Waals surface area (Å²) in [5.74, 6) is -1.08. The van der Waals surface area contributed by atoms with Crippen LogP contribution in [0.5, 0.6) is 0 Å². The van der Waals surface area contributed by atoms with Crippen molar-refractivity contribution in [2.75, 3.05) is 6.61 Å². The van der Waals surface area contributed by atoms with E-state index >= 15 is 0 Å². The summed E-state index contributed by atoms with van der Waals surface area (Å²) < 4.78 is 5.00. The van der Waals surface area contributed by atoms with Gasteiger partial charge >= 0.3 is 5.97 Å². The van der Waals surface area contributed by atoms with Crippen LogP contribution in [0.2, 0.25) is 0 Å². The highest BCUT2D eigenvalue weighted by molar-refractivity contribution is 5.83. The lowest BCUT2D eigenvalue weighted by Crippen LogP contribution is -2.25. The van der Waals surface area contributed by atoms with Crippen LogP contribution in [0, 0.1) is 11.8 Å². The molecule has 1 saturated heterocycles. The van der Waals surface area contributed by atoms with Gasteiger partial charge in [-0.1, -0.05) is 30.3 Å². The Bertz CT molecular complexity index is 416. The maximum atomic E-state index is 11.5. The molecule has 0 radical (unpaired) electrons. The van der Waals surface area contributed by atoms with Crippen molar-refractivity contribution in [1.82, 2.24) is 0 Å². The van der Waals surface area contributed by atoms with Gasteiger partial charge in [0, 0.05) is 12.3 Å². The highest BCUT2D eigenvalue weighted by Crippen LogP contribution is 2.28. The molecule has 90 valence electrons. The minimum absolute atomic E-state index is 0.0531. The highest BCUT2D eigenvalue weighted by Gasteiger charge is 2.37.